The first-order valence-corrected chi connectivity index (χ1v) is 14.0. The second kappa shape index (κ2) is 13.1. The van der Waals surface area contributed by atoms with E-state index in [1.165, 1.54) is 38.5 Å². The molecule has 37 heavy (non-hydrogen) atoms. The highest BCUT2D eigenvalue weighted by molar-refractivity contribution is 5.71. The first-order chi connectivity index (χ1) is 18.0. The molecule has 4 rings (SSSR count). The topological polar surface area (TPSA) is 0 Å². The molecule has 3 aromatic rings. The highest BCUT2D eigenvalue weighted by Crippen LogP contribution is 2.39. The van der Waals surface area contributed by atoms with E-state index in [2.05, 4.69) is 13.0 Å². The number of rotatable bonds is 10. The van der Waals surface area contributed by atoms with Gasteiger partial charge in [0.05, 0.1) is 0 Å². The monoisotopic (exact) mass is 504 g/mol. The summed E-state index contributed by atoms with van der Waals surface area (Å²) in [6, 6.07) is 16.0. The van der Waals surface area contributed by atoms with Gasteiger partial charge in [0.2, 0.25) is 0 Å². The molecule has 3 heteroatoms. The van der Waals surface area contributed by atoms with Gasteiger partial charge < -0.3 is 0 Å². The lowest BCUT2D eigenvalue weighted by molar-refractivity contribution is 0.302. The number of benzene rings is 3. The molecule has 0 atom stereocenters. The number of hydrogen-bond donors (Lipinski definition) is 0. The standard InChI is InChI=1S/C34H39F3/c1-3-5-7-9-24-11-13-25(14-12-24)29-20-21-30(32(35)23-29)26-15-17-27(18-16-26)31-22-19-28(10-8-6-4-2)33(36)34(31)37/h4,6,15-25H,3,5,7-14H2,1-2H3/b6-4+. The fourth-order valence-corrected chi connectivity index (χ4v) is 5.73. The van der Waals surface area contributed by atoms with E-state index in [1.807, 2.05) is 25.1 Å². The summed E-state index contributed by atoms with van der Waals surface area (Å²) in [7, 11) is 0. The maximum atomic E-state index is 15.2. The Morgan fingerprint density at radius 3 is 2.11 bits per heavy atom. The summed E-state index contributed by atoms with van der Waals surface area (Å²) in [5.74, 6) is -0.576. The molecule has 0 aromatic heterocycles. The molecule has 196 valence electrons. The average molecular weight is 505 g/mol. The van der Waals surface area contributed by atoms with Gasteiger partial charge >= 0.3 is 0 Å². The van der Waals surface area contributed by atoms with Crippen molar-refractivity contribution in [1.29, 1.82) is 0 Å². The summed E-state index contributed by atoms with van der Waals surface area (Å²) >= 11 is 0. The molecule has 0 bridgehead atoms. The fourth-order valence-electron chi connectivity index (χ4n) is 5.73. The molecule has 3 aromatic carbocycles. The molecule has 0 heterocycles. The van der Waals surface area contributed by atoms with Crippen LogP contribution in [0.5, 0.6) is 0 Å². The van der Waals surface area contributed by atoms with Crippen molar-refractivity contribution in [3.8, 4) is 22.3 Å². The molecular weight excluding hydrogens is 465 g/mol. The van der Waals surface area contributed by atoms with E-state index in [-0.39, 0.29) is 11.4 Å². The zero-order valence-corrected chi connectivity index (χ0v) is 22.2. The van der Waals surface area contributed by atoms with Gasteiger partial charge in [-0.05, 0) is 85.6 Å². The van der Waals surface area contributed by atoms with Gasteiger partial charge in [0.1, 0.15) is 5.82 Å². The van der Waals surface area contributed by atoms with Gasteiger partial charge in [0.15, 0.2) is 11.6 Å². The Balaban J connectivity index is 1.43. The molecule has 0 amide bonds. The molecule has 0 spiro atoms. The zero-order valence-electron chi connectivity index (χ0n) is 22.2. The Bertz CT molecular complexity index is 1180. The second-order valence-electron chi connectivity index (χ2n) is 10.5. The van der Waals surface area contributed by atoms with Crippen LogP contribution in [0.1, 0.15) is 88.7 Å². The Labute approximate surface area is 220 Å². The molecule has 0 radical (unpaired) electrons. The number of halogens is 3. The smallest absolute Gasteiger partial charge is 0.166 e. The fraction of sp³-hybridized carbons (Fsp3) is 0.412. The van der Waals surface area contributed by atoms with E-state index >= 15 is 4.39 Å². The zero-order chi connectivity index (χ0) is 26.2. The summed E-state index contributed by atoms with van der Waals surface area (Å²) in [6.45, 7) is 4.15. The first-order valence-electron chi connectivity index (χ1n) is 14.0. The van der Waals surface area contributed by atoms with Gasteiger partial charge in [-0.1, -0.05) is 93.3 Å². The summed E-state index contributed by atoms with van der Waals surface area (Å²) in [5.41, 5.74) is 3.54. The number of allylic oxidation sites excluding steroid dienone is 2. The predicted molar refractivity (Wildman–Crippen MR) is 149 cm³/mol. The summed E-state index contributed by atoms with van der Waals surface area (Å²) in [4.78, 5) is 0. The Morgan fingerprint density at radius 2 is 1.46 bits per heavy atom. The molecule has 0 aliphatic heterocycles. The van der Waals surface area contributed by atoms with Crippen LogP contribution < -0.4 is 0 Å². The molecular formula is C34H39F3. The highest BCUT2D eigenvalue weighted by Gasteiger charge is 2.23. The second-order valence-corrected chi connectivity index (χ2v) is 10.5. The minimum Gasteiger partial charge on any atom is -0.206 e. The summed E-state index contributed by atoms with van der Waals surface area (Å²) in [5, 5.41) is 0. The van der Waals surface area contributed by atoms with E-state index in [0.717, 1.165) is 29.9 Å². The van der Waals surface area contributed by atoms with E-state index < -0.39 is 11.6 Å². The lowest BCUT2D eigenvalue weighted by Gasteiger charge is -2.29. The molecule has 0 unspecified atom stereocenters. The molecule has 0 N–H and O–H groups in total. The van der Waals surface area contributed by atoms with E-state index in [9.17, 15) is 8.78 Å². The third-order valence-electron chi connectivity index (χ3n) is 8.01. The Kier molecular flexibility index (Phi) is 9.66. The minimum absolute atomic E-state index is 0.222. The van der Waals surface area contributed by atoms with Crippen LogP contribution in [0.25, 0.3) is 22.3 Å². The highest BCUT2D eigenvalue weighted by atomic mass is 19.2. The van der Waals surface area contributed by atoms with Crippen molar-refractivity contribution in [2.45, 2.75) is 84.0 Å². The lowest BCUT2D eigenvalue weighted by atomic mass is 9.77. The van der Waals surface area contributed by atoms with Crippen LogP contribution in [-0.2, 0) is 6.42 Å². The third kappa shape index (κ3) is 6.74. The van der Waals surface area contributed by atoms with Crippen LogP contribution in [0.15, 0.2) is 66.7 Å². The van der Waals surface area contributed by atoms with Crippen molar-refractivity contribution in [2.75, 3.05) is 0 Å². The normalized spacial score (nSPS) is 18.0. The van der Waals surface area contributed by atoms with Crippen LogP contribution in [0, 0.1) is 23.4 Å². The quantitative estimate of drug-likeness (QED) is 0.190. The number of unbranched alkanes of at least 4 members (excludes halogenated alkanes) is 2. The van der Waals surface area contributed by atoms with Crippen LogP contribution in [0.3, 0.4) is 0 Å². The van der Waals surface area contributed by atoms with Crippen LogP contribution in [-0.4, -0.2) is 0 Å². The van der Waals surface area contributed by atoms with Gasteiger partial charge in [-0.2, -0.15) is 0 Å². The van der Waals surface area contributed by atoms with Gasteiger partial charge in [0.25, 0.3) is 0 Å². The molecule has 1 fully saturated rings. The van der Waals surface area contributed by atoms with Crippen molar-refractivity contribution in [2.24, 2.45) is 5.92 Å². The van der Waals surface area contributed by atoms with Crippen molar-refractivity contribution < 1.29 is 13.2 Å². The predicted octanol–water partition coefficient (Wildman–Crippen LogP) is 10.8. The SMILES string of the molecule is C/C=C/CCc1ccc(-c2ccc(-c3ccc(C4CCC(CCCCC)CC4)cc3F)cc2)c(F)c1F. The van der Waals surface area contributed by atoms with Crippen molar-refractivity contribution in [1.82, 2.24) is 0 Å². The number of hydrogen-bond acceptors (Lipinski definition) is 0. The molecule has 0 nitrogen and oxygen atoms in total. The van der Waals surface area contributed by atoms with Crippen molar-refractivity contribution >= 4 is 0 Å². The van der Waals surface area contributed by atoms with Crippen LogP contribution >= 0.6 is 0 Å². The van der Waals surface area contributed by atoms with Crippen LogP contribution in [0.2, 0.25) is 0 Å². The summed E-state index contributed by atoms with van der Waals surface area (Å²) < 4.78 is 44.6. The maximum Gasteiger partial charge on any atom is 0.166 e. The third-order valence-corrected chi connectivity index (χ3v) is 8.01. The molecule has 0 saturated heterocycles. The molecule has 1 saturated carbocycles. The maximum absolute atomic E-state index is 15.2. The Morgan fingerprint density at radius 1 is 0.784 bits per heavy atom. The van der Waals surface area contributed by atoms with E-state index in [4.69, 9.17) is 0 Å². The van der Waals surface area contributed by atoms with Crippen LogP contribution in [0.4, 0.5) is 13.2 Å². The van der Waals surface area contributed by atoms with Crippen molar-refractivity contribution in [3.05, 3.63) is 95.3 Å². The molecule has 1 aliphatic rings. The van der Waals surface area contributed by atoms with Crippen molar-refractivity contribution in [3.63, 3.8) is 0 Å². The lowest BCUT2D eigenvalue weighted by Crippen LogP contribution is -2.13. The molecule has 1 aliphatic carbocycles. The van der Waals surface area contributed by atoms with Gasteiger partial charge in [-0.15, -0.1) is 0 Å². The average Bonchev–Trinajstić information content (AvgIpc) is 2.92. The minimum atomic E-state index is -0.832. The number of aryl methyl sites for hydroxylation is 1. The Hall–Kier alpha value is -2.81. The van der Waals surface area contributed by atoms with E-state index in [0.29, 0.717) is 35.4 Å². The van der Waals surface area contributed by atoms with Gasteiger partial charge in [-0.25, -0.2) is 13.2 Å². The largest absolute Gasteiger partial charge is 0.206 e. The summed E-state index contributed by atoms with van der Waals surface area (Å²) in [6.07, 6.45) is 15.0. The van der Waals surface area contributed by atoms with Gasteiger partial charge in [0, 0.05) is 11.1 Å². The first kappa shape index (κ1) is 27.2. The van der Waals surface area contributed by atoms with E-state index in [1.54, 1.807) is 42.5 Å². The van der Waals surface area contributed by atoms with Gasteiger partial charge in [-0.3, -0.25) is 0 Å².